The third-order valence-corrected chi connectivity index (χ3v) is 4.30. The lowest BCUT2D eigenvalue weighted by Gasteiger charge is -2.08. The monoisotopic (exact) mass is 294 g/mol. The van der Waals surface area contributed by atoms with Crippen LogP contribution >= 0.6 is 0 Å². The van der Waals surface area contributed by atoms with Gasteiger partial charge in [0.2, 0.25) is 0 Å². The fraction of sp³-hybridized carbons (Fsp3) is 0.417. The molecule has 1 aromatic rings. The molecule has 0 saturated carbocycles. The van der Waals surface area contributed by atoms with E-state index in [1.165, 1.54) is 6.92 Å². The Labute approximate surface area is 109 Å². The minimum Gasteiger partial charge on any atom is -0.300 e. The molecule has 1 aromatic carbocycles. The molecule has 7 heteroatoms. The van der Waals surface area contributed by atoms with Crippen molar-refractivity contribution in [2.75, 3.05) is 5.75 Å². The summed E-state index contributed by atoms with van der Waals surface area (Å²) in [6.07, 6.45) is -4.19. The molecule has 0 aliphatic heterocycles. The van der Waals surface area contributed by atoms with Crippen LogP contribution in [0.25, 0.3) is 0 Å². The van der Waals surface area contributed by atoms with E-state index in [1.54, 1.807) is 0 Å². The van der Waals surface area contributed by atoms with E-state index in [2.05, 4.69) is 0 Å². The van der Waals surface area contributed by atoms with Gasteiger partial charge in [0.05, 0.1) is 16.2 Å². The third kappa shape index (κ3) is 4.66. The molecular formula is C12H13F3O3S. The molecule has 0 unspecified atom stereocenters. The average Bonchev–Trinajstić information content (AvgIpc) is 2.27. The van der Waals surface area contributed by atoms with Gasteiger partial charge < -0.3 is 4.79 Å². The standard InChI is InChI=1S/C12H13F3O3S/c1-9(16)3-2-8-19(17,18)11-6-4-10(5-7-11)12(13,14)15/h4-7H,2-3,8H2,1H3. The van der Waals surface area contributed by atoms with Crippen molar-refractivity contribution in [2.24, 2.45) is 0 Å². The predicted octanol–water partition coefficient (Wildman–Crippen LogP) is 2.85. The zero-order chi connectivity index (χ0) is 14.7. The third-order valence-electron chi connectivity index (χ3n) is 2.48. The number of rotatable bonds is 5. The Bertz CT molecular complexity index is 545. The molecular weight excluding hydrogens is 281 g/mol. The summed E-state index contributed by atoms with van der Waals surface area (Å²) in [5.41, 5.74) is -0.893. The minimum atomic E-state index is -4.49. The Kier molecular flexibility index (Phi) is 4.73. The van der Waals surface area contributed by atoms with Crippen molar-refractivity contribution in [3.63, 3.8) is 0 Å². The van der Waals surface area contributed by atoms with Crippen LogP contribution in [-0.4, -0.2) is 20.0 Å². The van der Waals surface area contributed by atoms with Crippen LogP contribution in [0, 0.1) is 0 Å². The number of hydrogen-bond acceptors (Lipinski definition) is 3. The van der Waals surface area contributed by atoms with Gasteiger partial charge in [0, 0.05) is 6.42 Å². The second-order valence-corrected chi connectivity index (χ2v) is 6.26. The van der Waals surface area contributed by atoms with Crippen LogP contribution in [0.4, 0.5) is 13.2 Å². The molecule has 1 rings (SSSR count). The van der Waals surface area contributed by atoms with E-state index in [1.807, 2.05) is 0 Å². The largest absolute Gasteiger partial charge is 0.416 e. The maximum Gasteiger partial charge on any atom is 0.416 e. The number of carbonyl (C=O) groups is 1. The topological polar surface area (TPSA) is 51.2 Å². The van der Waals surface area contributed by atoms with Crippen molar-refractivity contribution in [1.29, 1.82) is 0 Å². The lowest BCUT2D eigenvalue weighted by atomic mass is 10.2. The molecule has 0 bridgehead atoms. The summed E-state index contributed by atoms with van der Waals surface area (Å²) >= 11 is 0. The lowest BCUT2D eigenvalue weighted by Crippen LogP contribution is -2.09. The van der Waals surface area contributed by atoms with Crippen LogP contribution in [0.15, 0.2) is 29.2 Å². The number of alkyl halides is 3. The number of benzene rings is 1. The Hall–Kier alpha value is -1.37. The van der Waals surface area contributed by atoms with Crippen LogP contribution < -0.4 is 0 Å². The van der Waals surface area contributed by atoms with Crippen molar-refractivity contribution < 1.29 is 26.4 Å². The SMILES string of the molecule is CC(=O)CCCS(=O)(=O)c1ccc(C(F)(F)F)cc1. The molecule has 0 N–H and O–H groups in total. The number of ketones is 1. The van der Waals surface area contributed by atoms with E-state index < -0.39 is 21.6 Å². The van der Waals surface area contributed by atoms with Crippen LogP contribution in [0.1, 0.15) is 25.3 Å². The molecule has 0 aliphatic rings. The van der Waals surface area contributed by atoms with E-state index in [9.17, 15) is 26.4 Å². The first-order valence-corrected chi connectivity index (χ1v) is 7.17. The van der Waals surface area contributed by atoms with Gasteiger partial charge in [0.15, 0.2) is 9.84 Å². The van der Waals surface area contributed by atoms with Gasteiger partial charge in [-0.3, -0.25) is 0 Å². The van der Waals surface area contributed by atoms with E-state index >= 15 is 0 Å². The summed E-state index contributed by atoms with van der Waals surface area (Å²) in [6, 6.07) is 3.34. The first-order valence-electron chi connectivity index (χ1n) is 5.52. The van der Waals surface area contributed by atoms with E-state index in [0.717, 1.165) is 24.3 Å². The molecule has 19 heavy (non-hydrogen) atoms. The second kappa shape index (κ2) is 5.73. The quantitative estimate of drug-likeness (QED) is 0.839. The number of sulfone groups is 1. The van der Waals surface area contributed by atoms with E-state index in [4.69, 9.17) is 0 Å². The fourth-order valence-electron chi connectivity index (χ4n) is 1.48. The molecule has 0 aromatic heterocycles. The Morgan fingerprint density at radius 2 is 1.68 bits per heavy atom. The normalized spacial score (nSPS) is 12.4. The molecule has 0 fully saturated rings. The zero-order valence-corrected chi connectivity index (χ0v) is 11.0. The number of carbonyl (C=O) groups excluding carboxylic acids is 1. The average molecular weight is 294 g/mol. The van der Waals surface area contributed by atoms with Gasteiger partial charge in [-0.15, -0.1) is 0 Å². The molecule has 0 atom stereocenters. The highest BCUT2D eigenvalue weighted by Crippen LogP contribution is 2.29. The number of Topliss-reactive ketones (excluding diaryl/α,β-unsaturated/α-hetero) is 1. The Balaban J connectivity index is 2.82. The molecule has 0 amide bonds. The van der Waals surface area contributed by atoms with E-state index in [-0.39, 0.29) is 29.3 Å². The summed E-state index contributed by atoms with van der Waals surface area (Å²) < 4.78 is 60.5. The number of halogens is 3. The smallest absolute Gasteiger partial charge is 0.300 e. The van der Waals surface area contributed by atoms with Crippen molar-refractivity contribution in [2.45, 2.75) is 30.8 Å². The first kappa shape index (κ1) is 15.7. The summed E-state index contributed by atoms with van der Waals surface area (Å²) in [4.78, 5) is 10.5. The summed E-state index contributed by atoms with van der Waals surface area (Å²) in [5.74, 6) is -0.375. The van der Waals surface area contributed by atoms with Crippen LogP contribution in [-0.2, 0) is 20.8 Å². The summed E-state index contributed by atoms with van der Waals surface area (Å²) in [6.45, 7) is 1.35. The Morgan fingerprint density at radius 1 is 1.16 bits per heavy atom. The summed E-state index contributed by atoms with van der Waals surface area (Å²) in [5, 5.41) is 0. The predicted molar refractivity (Wildman–Crippen MR) is 63.4 cm³/mol. The molecule has 106 valence electrons. The maximum atomic E-state index is 12.3. The van der Waals surface area contributed by atoms with Gasteiger partial charge in [0.1, 0.15) is 5.78 Å². The molecule has 0 spiro atoms. The van der Waals surface area contributed by atoms with E-state index in [0.29, 0.717) is 0 Å². The first-order chi connectivity index (χ1) is 8.63. The lowest BCUT2D eigenvalue weighted by molar-refractivity contribution is -0.137. The maximum absolute atomic E-state index is 12.3. The minimum absolute atomic E-state index is 0.123. The number of hydrogen-bond donors (Lipinski definition) is 0. The van der Waals surface area contributed by atoms with Gasteiger partial charge >= 0.3 is 6.18 Å². The second-order valence-electron chi connectivity index (χ2n) is 4.15. The molecule has 0 heterocycles. The van der Waals surface area contributed by atoms with Crippen LogP contribution in [0.3, 0.4) is 0 Å². The highest BCUT2D eigenvalue weighted by atomic mass is 32.2. The van der Waals surface area contributed by atoms with Crippen LogP contribution in [0.2, 0.25) is 0 Å². The molecule has 0 radical (unpaired) electrons. The van der Waals surface area contributed by atoms with Gasteiger partial charge in [-0.1, -0.05) is 0 Å². The van der Waals surface area contributed by atoms with Gasteiger partial charge in [-0.05, 0) is 37.6 Å². The van der Waals surface area contributed by atoms with Gasteiger partial charge in [-0.25, -0.2) is 8.42 Å². The molecule has 3 nitrogen and oxygen atoms in total. The van der Waals surface area contributed by atoms with Crippen molar-refractivity contribution in [3.05, 3.63) is 29.8 Å². The van der Waals surface area contributed by atoms with Gasteiger partial charge in [0.25, 0.3) is 0 Å². The highest BCUT2D eigenvalue weighted by molar-refractivity contribution is 7.91. The summed E-state index contributed by atoms with van der Waals surface area (Å²) in [7, 11) is -3.64. The fourth-order valence-corrected chi connectivity index (χ4v) is 2.79. The van der Waals surface area contributed by atoms with Crippen LogP contribution in [0.5, 0.6) is 0 Å². The van der Waals surface area contributed by atoms with Crippen molar-refractivity contribution in [1.82, 2.24) is 0 Å². The Morgan fingerprint density at radius 3 is 2.11 bits per heavy atom. The molecule has 0 saturated heterocycles. The highest BCUT2D eigenvalue weighted by Gasteiger charge is 2.30. The van der Waals surface area contributed by atoms with Gasteiger partial charge in [-0.2, -0.15) is 13.2 Å². The van der Waals surface area contributed by atoms with Crippen molar-refractivity contribution in [3.8, 4) is 0 Å². The van der Waals surface area contributed by atoms with Crippen molar-refractivity contribution >= 4 is 15.6 Å². The zero-order valence-electron chi connectivity index (χ0n) is 10.2. The molecule has 0 aliphatic carbocycles.